The molecular weight excluding hydrogens is 346 g/mol. The van der Waals surface area contributed by atoms with E-state index in [0.29, 0.717) is 19.0 Å². The maximum atomic E-state index is 13.3. The zero-order valence-electron chi connectivity index (χ0n) is 16.5. The highest BCUT2D eigenvalue weighted by Crippen LogP contribution is 2.47. The molecule has 1 aromatic carbocycles. The van der Waals surface area contributed by atoms with E-state index in [4.69, 9.17) is 0 Å². The minimum atomic E-state index is 0.102. The molecule has 0 N–H and O–H groups in total. The quantitative estimate of drug-likeness (QED) is 0.801. The van der Waals surface area contributed by atoms with E-state index in [1.165, 1.54) is 31.4 Å². The van der Waals surface area contributed by atoms with Crippen LogP contribution < -0.4 is 0 Å². The van der Waals surface area contributed by atoms with E-state index in [9.17, 15) is 4.79 Å². The van der Waals surface area contributed by atoms with Gasteiger partial charge in [0.05, 0.1) is 12.2 Å². The second kappa shape index (κ2) is 7.32. The largest absolute Gasteiger partial charge is 0.337 e. The molecule has 4 heteroatoms. The summed E-state index contributed by atoms with van der Waals surface area (Å²) in [5, 5.41) is 0. The predicted molar refractivity (Wildman–Crippen MR) is 110 cm³/mol. The number of hydrogen-bond acceptors (Lipinski definition) is 3. The van der Waals surface area contributed by atoms with E-state index in [1.54, 1.807) is 0 Å². The third-order valence-electron chi connectivity index (χ3n) is 7.09. The third-order valence-corrected chi connectivity index (χ3v) is 7.09. The molecule has 146 valence electrons. The van der Waals surface area contributed by atoms with Gasteiger partial charge in [-0.3, -0.25) is 14.7 Å². The molecular formula is C24H29N3O. The molecule has 2 aliphatic heterocycles. The number of aromatic nitrogens is 1. The number of fused-ring (bicyclic) bond motifs is 1. The number of amides is 1. The highest BCUT2D eigenvalue weighted by molar-refractivity contribution is 5.77. The maximum absolute atomic E-state index is 13.3. The molecule has 3 aliphatic rings. The van der Waals surface area contributed by atoms with Gasteiger partial charge in [0.1, 0.15) is 0 Å². The average molecular weight is 376 g/mol. The van der Waals surface area contributed by atoms with E-state index >= 15 is 0 Å². The van der Waals surface area contributed by atoms with Crippen LogP contribution in [0.5, 0.6) is 0 Å². The molecule has 4 nitrogen and oxygen atoms in total. The first-order valence-electron chi connectivity index (χ1n) is 10.7. The molecule has 1 saturated carbocycles. The number of pyridine rings is 1. The van der Waals surface area contributed by atoms with Crippen LogP contribution >= 0.6 is 0 Å². The molecule has 3 fully saturated rings. The van der Waals surface area contributed by atoms with Crippen LogP contribution in [-0.4, -0.2) is 46.4 Å². The Bertz CT molecular complexity index is 820. The van der Waals surface area contributed by atoms with Crippen LogP contribution in [0.25, 0.3) is 0 Å². The van der Waals surface area contributed by atoms with Gasteiger partial charge in [-0.25, -0.2) is 0 Å². The molecule has 2 saturated heterocycles. The van der Waals surface area contributed by atoms with E-state index in [0.717, 1.165) is 31.1 Å². The van der Waals surface area contributed by atoms with Crippen molar-refractivity contribution in [2.45, 2.75) is 50.1 Å². The Morgan fingerprint density at radius 1 is 1.00 bits per heavy atom. The Morgan fingerprint density at radius 3 is 2.54 bits per heavy atom. The van der Waals surface area contributed by atoms with Gasteiger partial charge in [0, 0.05) is 37.2 Å². The Morgan fingerprint density at radius 2 is 1.79 bits per heavy atom. The number of nitrogens with zero attached hydrogens (tertiary/aromatic N) is 3. The van der Waals surface area contributed by atoms with Gasteiger partial charge in [-0.05, 0) is 55.8 Å². The van der Waals surface area contributed by atoms with Crippen LogP contribution in [-0.2, 0) is 16.8 Å². The fraction of sp³-hybridized carbons (Fsp3) is 0.500. The van der Waals surface area contributed by atoms with Crippen molar-refractivity contribution in [3.05, 3.63) is 66.0 Å². The summed E-state index contributed by atoms with van der Waals surface area (Å²) >= 11 is 0. The lowest BCUT2D eigenvalue weighted by Crippen LogP contribution is -2.44. The van der Waals surface area contributed by atoms with Gasteiger partial charge in [-0.2, -0.15) is 0 Å². The topological polar surface area (TPSA) is 36.4 Å². The second-order valence-corrected chi connectivity index (χ2v) is 8.82. The Kier molecular flexibility index (Phi) is 4.67. The first kappa shape index (κ1) is 17.9. The summed E-state index contributed by atoms with van der Waals surface area (Å²) in [6.45, 7) is 3.74. The molecule has 28 heavy (non-hydrogen) atoms. The van der Waals surface area contributed by atoms with Crippen molar-refractivity contribution < 1.29 is 4.79 Å². The van der Waals surface area contributed by atoms with Crippen LogP contribution in [0, 0.1) is 5.92 Å². The number of hydrogen-bond donors (Lipinski definition) is 0. The van der Waals surface area contributed by atoms with Crippen LogP contribution in [0.4, 0.5) is 0 Å². The van der Waals surface area contributed by atoms with E-state index < -0.39 is 0 Å². The van der Waals surface area contributed by atoms with Crippen molar-refractivity contribution in [3.63, 3.8) is 0 Å². The van der Waals surface area contributed by atoms with E-state index in [2.05, 4.69) is 40.2 Å². The van der Waals surface area contributed by atoms with E-state index in [-0.39, 0.29) is 11.3 Å². The molecule has 2 atom stereocenters. The Labute approximate surface area is 167 Å². The van der Waals surface area contributed by atoms with Crippen LogP contribution in [0.15, 0.2) is 54.7 Å². The van der Waals surface area contributed by atoms with Crippen LogP contribution in [0.1, 0.15) is 43.4 Å². The Balaban J connectivity index is 1.44. The van der Waals surface area contributed by atoms with Gasteiger partial charge in [0.25, 0.3) is 0 Å². The first-order chi connectivity index (χ1) is 13.7. The number of rotatable bonds is 5. The third kappa shape index (κ3) is 3.35. The lowest BCUT2D eigenvalue weighted by atomic mass is 9.71. The lowest BCUT2D eigenvalue weighted by Gasteiger charge is -2.37. The summed E-state index contributed by atoms with van der Waals surface area (Å²) in [4.78, 5) is 22.4. The van der Waals surface area contributed by atoms with Gasteiger partial charge in [0.2, 0.25) is 5.91 Å². The van der Waals surface area contributed by atoms with Crippen molar-refractivity contribution in [1.29, 1.82) is 0 Å². The molecule has 3 heterocycles. The highest BCUT2D eigenvalue weighted by atomic mass is 16.2. The van der Waals surface area contributed by atoms with Gasteiger partial charge in [-0.1, -0.05) is 36.4 Å². The number of carbonyl (C=O) groups excluding carboxylic acids is 1. The predicted octanol–water partition coefficient (Wildman–Crippen LogP) is 3.63. The zero-order chi connectivity index (χ0) is 19.0. The van der Waals surface area contributed by atoms with Crippen molar-refractivity contribution in [3.8, 4) is 0 Å². The van der Waals surface area contributed by atoms with Gasteiger partial charge in [0.15, 0.2) is 0 Å². The molecule has 0 spiro atoms. The van der Waals surface area contributed by atoms with Crippen LogP contribution in [0.3, 0.4) is 0 Å². The van der Waals surface area contributed by atoms with E-state index in [1.807, 2.05) is 29.3 Å². The molecule has 0 unspecified atom stereocenters. The summed E-state index contributed by atoms with van der Waals surface area (Å²) in [6, 6.07) is 17.3. The maximum Gasteiger partial charge on any atom is 0.224 e. The fourth-order valence-electron chi connectivity index (χ4n) is 5.34. The van der Waals surface area contributed by atoms with Crippen molar-refractivity contribution in [2.75, 3.05) is 19.6 Å². The van der Waals surface area contributed by atoms with Gasteiger partial charge < -0.3 is 4.90 Å². The average Bonchev–Trinajstić information content (AvgIpc) is 3.51. The minimum Gasteiger partial charge on any atom is -0.337 e. The molecule has 1 aliphatic carbocycles. The minimum absolute atomic E-state index is 0.102. The summed E-state index contributed by atoms with van der Waals surface area (Å²) in [7, 11) is 0. The molecule has 1 amide bonds. The number of likely N-dealkylation sites (tertiary alicyclic amines) is 2. The monoisotopic (exact) mass is 375 g/mol. The van der Waals surface area contributed by atoms with Crippen molar-refractivity contribution in [2.24, 2.45) is 5.92 Å². The smallest absolute Gasteiger partial charge is 0.224 e. The first-order valence-corrected chi connectivity index (χ1v) is 10.7. The van der Waals surface area contributed by atoms with Crippen molar-refractivity contribution in [1.82, 2.24) is 14.8 Å². The molecule has 0 bridgehead atoms. The SMILES string of the molecule is O=C1C[C@H]2N(CC3CC3)CC[C@]2(c2ccccc2)CCN1Cc1ccccn1. The summed E-state index contributed by atoms with van der Waals surface area (Å²) in [5.74, 6) is 1.14. The number of carbonyl (C=O) groups is 1. The lowest BCUT2D eigenvalue weighted by molar-refractivity contribution is -0.132. The molecule has 1 aromatic heterocycles. The van der Waals surface area contributed by atoms with Gasteiger partial charge >= 0.3 is 0 Å². The summed E-state index contributed by atoms with van der Waals surface area (Å²) < 4.78 is 0. The Hall–Kier alpha value is -2.20. The molecule has 2 aromatic rings. The second-order valence-electron chi connectivity index (χ2n) is 8.82. The normalized spacial score (nSPS) is 28.2. The van der Waals surface area contributed by atoms with Gasteiger partial charge in [-0.15, -0.1) is 0 Å². The van der Waals surface area contributed by atoms with Crippen LogP contribution in [0.2, 0.25) is 0 Å². The summed E-state index contributed by atoms with van der Waals surface area (Å²) in [5.41, 5.74) is 2.50. The highest BCUT2D eigenvalue weighted by Gasteiger charge is 2.51. The fourth-order valence-corrected chi connectivity index (χ4v) is 5.34. The number of benzene rings is 1. The molecule has 5 rings (SSSR count). The van der Waals surface area contributed by atoms with Crippen molar-refractivity contribution >= 4 is 5.91 Å². The zero-order valence-corrected chi connectivity index (χ0v) is 16.5. The molecule has 0 radical (unpaired) electrons. The summed E-state index contributed by atoms with van der Waals surface area (Å²) in [6.07, 6.45) is 7.38. The standard InChI is InChI=1S/C24H29N3O/c28-23-16-22-24(20-6-2-1-3-7-20,11-14-26(22)17-19-9-10-19)12-15-27(23)18-21-8-4-5-13-25-21/h1-8,13,19,22H,9-12,14-18H2/t22-,24-/m1/s1.